The zero-order chi connectivity index (χ0) is 28.3. The van der Waals surface area contributed by atoms with E-state index in [9.17, 15) is 26.0 Å². The number of halogens is 1. The van der Waals surface area contributed by atoms with Crippen LogP contribution in [0.3, 0.4) is 0 Å². The molecule has 0 atom stereocenters. The van der Waals surface area contributed by atoms with E-state index in [0.29, 0.717) is 22.9 Å². The van der Waals surface area contributed by atoms with Crippen molar-refractivity contribution in [2.45, 2.75) is 19.8 Å². The van der Waals surface area contributed by atoms with Crippen molar-refractivity contribution in [2.24, 2.45) is 0 Å². The first-order chi connectivity index (χ1) is 17.8. The monoisotopic (exact) mass is 566 g/mol. The molecule has 1 aromatic carbocycles. The largest absolute Gasteiger partial charge is 0.437 e. The van der Waals surface area contributed by atoms with E-state index in [0.717, 1.165) is 16.8 Å². The van der Waals surface area contributed by atoms with Gasteiger partial charge in [0.2, 0.25) is 25.8 Å². The third kappa shape index (κ3) is 6.58. The summed E-state index contributed by atoms with van der Waals surface area (Å²) >= 11 is 0. The van der Waals surface area contributed by atoms with E-state index in [1.54, 1.807) is 19.1 Å². The van der Waals surface area contributed by atoms with Gasteiger partial charge in [-0.1, -0.05) is 6.08 Å². The molecule has 0 unspecified atom stereocenters. The van der Waals surface area contributed by atoms with E-state index in [4.69, 9.17) is 4.42 Å². The van der Waals surface area contributed by atoms with E-state index >= 15 is 0 Å². The Hall–Kier alpha value is -3.29. The fourth-order valence-electron chi connectivity index (χ4n) is 4.02. The van der Waals surface area contributed by atoms with Crippen molar-refractivity contribution < 1.29 is 30.4 Å². The minimum absolute atomic E-state index is 0.0286. The van der Waals surface area contributed by atoms with Gasteiger partial charge in [0, 0.05) is 32.2 Å². The SMILES string of the molecule is C=CCCN(CCCN(c1nc2oc(-c3ccc(F)cc3)c(C(=O)NC)c2cc1C)S(C)(=O)=O)S(C)(=O)=O. The number of aromatic nitrogens is 1. The number of furan rings is 1. The second kappa shape index (κ2) is 11.6. The van der Waals surface area contributed by atoms with Crippen LogP contribution in [-0.4, -0.2) is 71.2 Å². The highest BCUT2D eigenvalue weighted by Gasteiger charge is 2.27. The molecular formula is C25H31FN4O6S2. The second-order valence-corrected chi connectivity index (χ2v) is 12.7. The third-order valence-electron chi connectivity index (χ3n) is 5.86. The van der Waals surface area contributed by atoms with Crippen molar-refractivity contribution >= 4 is 42.9 Å². The molecule has 0 saturated heterocycles. The summed E-state index contributed by atoms with van der Waals surface area (Å²) in [5.74, 6) is -0.636. The molecule has 0 radical (unpaired) electrons. The first-order valence-corrected chi connectivity index (χ1v) is 15.4. The topological polar surface area (TPSA) is 130 Å². The number of benzene rings is 1. The number of aryl methyl sites for hydroxylation is 1. The highest BCUT2D eigenvalue weighted by molar-refractivity contribution is 7.92. The van der Waals surface area contributed by atoms with Crippen LogP contribution >= 0.6 is 0 Å². The van der Waals surface area contributed by atoms with Gasteiger partial charge in [0.1, 0.15) is 17.4 Å². The van der Waals surface area contributed by atoms with Crippen LogP contribution < -0.4 is 9.62 Å². The van der Waals surface area contributed by atoms with Crippen LogP contribution in [0.1, 0.15) is 28.8 Å². The van der Waals surface area contributed by atoms with Gasteiger partial charge in [-0.3, -0.25) is 9.10 Å². The van der Waals surface area contributed by atoms with E-state index in [1.165, 1.54) is 35.6 Å². The minimum Gasteiger partial charge on any atom is -0.437 e. The molecule has 0 aliphatic heterocycles. The molecule has 13 heteroatoms. The Labute approximate surface area is 222 Å². The number of hydrogen-bond donors (Lipinski definition) is 1. The average molecular weight is 567 g/mol. The van der Waals surface area contributed by atoms with Crippen molar-refractivity contribution in [1.29, 1.82) is 0 Å². The number of nitrogens with one attached hydrogen (secondary N) is 1. The molecule has 3 rings (SSSR count). The Balaban J connectivity index is 2.04. The maximum Gasteiger partial charge on any atom is 0.255 e. The molecule has 2 heterocycles. The summed E-state index contributed by atoms with van der Waals surface area (Å²) in [6.45, 7) is 5.58. The molecule has 3 aromatic rings. The average Bonchev–Trinajstić information content (AvgIpc) is 3.19. The molecule has 0 fully saturated rings. The molecule has 2 aromatic heterocycles. The number of nitrogens with zero attached hydrogens (tertiary/aromatic N) is 3. The first kappa shape index (κ1) is 29.3. The fourth-order valence-corrected chi connectivity index (χ4v) is 5.88. The molecule has 1 N–H and O–H groups in total. The number of amides is 1. The van der Waals surface area contributed by atoms with Gasteiger partial charge >= 0.3 is 0 Å². The molecule has 0 spiro atoms. The molecule has 0 aliphatic carbocycles. The number of carbonyl (C=O) groups excluding carboxylic acids is 1. The Morgan fingerprint density at radius 3 is 2.32 bits per heavy atom. The number of fused-ring (bicyclic) bond motifs is 1. The van der Waals surface area contributed by atoms with E-state index in [-0.39, 0.29) is 48.9 Å². The molecule has 1 amide bonds. The van der Waals surface area contributed by atoms with Crippen molar-refractivity contribution in [3.05, 3.63) is 59.9 Å². The maximum atomic E-state index is 13.5. The van der Waals surface area contributed by atoms with E-state index < -0.39 is 31.8 Å². The lowest BCUT2D eigenvalue weighted by atomic mass is 10.0. The summed E-state index contributed by atoms with van der Waals surface area (Å²) in [6.07, 6.45) is 4.41. The smallest absolute Gasteiger partial charge is 0.255 e. The van der Waals surface area contributed by atoms with Crippen LogP contribution in [0, 0.1) is 12.7 Å². The van der Waals surface area contributed by atoms with Crippen molar-refractivity contribution in [2.75, 3.05) is 43.5 Å². The van der Waals surface area contributed by atoms with Crippen LogP contribution in [-0.2, 0) is 20.0 Å². The molecule has 206 valence electrons. The lowest BCUT2D eigenvalue weighted by molar-refractivity contribution is 0.0964. The van der Waals surface area contributed by atoms with E-state index in [2.05, 4.69) is 16.9 Å². The number of pyridine rings is 1. The van der Waals surface area contributed by atoms with Crippen LogP contribution in [0.25, 0.3) is 22.4 Å². The summed E-state index contributed by atoms with van der Waals surface area (Å²) < 4.78 is 71.5. The molecule has 0 saturated carbocycles. The number of rotatable bonds is 12. The van der Waals surface area contributed by atoms with Crippen LogP contribution in [0.2, 0.25) is 0 Å². The highest BCUT2D eigenvalue weighted by Crippen LogP contribution is 2.36. The zero-order valence-corrected chi connectivity index (χ0v) is 23.3. The molecule has 0 aliphatic rings. The molecular weight excluding hydrogens is 535 g/mol. The normalized spacial score (nSPS) is 12.2. The van der Waals surface area contributed by atoms with Crippen molar-refractivity contribution in [3.8, 4) is 11.3 Å². The molecule has 0 bridgehead atoms. The van der Waals surface area contributed by atoms with Gasteiger partial charge in [0.25, 0.3) is 5.91 Å². The molecule has 38 heavy (non-hydrogen) atoms. The van der Waals surface area contributed by atoms with Crippen LogP contribution in [0.15, 0.2) is 47.4 Å². The summed E-state index contributed by atoms with van der Waals surface area (Å²) in [7, 11) is -5.84. The third-order valence-corrected chi connectivity index (χ3v) is 8.32. The Bertz CT molecular complexity index is 1550. The quantitative estimate of drug-likeness (QED) is 0.333. The molecule has 10 nitrogen and oxygen atoms in total. The first-order valence-electron chi connectivity index (χ1n) is 11.7. The van der Waals surface area contributed by atoms with Crippen LogP contribution in [0.5, 0.6) is 0 Å². The lowest BCUT2D eigenvalue weighted by Crippen LogP contribution is -2.36. The summed E-state index contributed by atoms with van der Waals surface area (Å²) in [5, 5.41) is 2.93. The number of anilines is 1. The van der Waals surface area contributed by atoms with Crippen LogP contribution in [0.4, 0.5) is 10.2 Å². The predicted molar refractivity (Wildman–Crippen MR) is 146 cm³/mol. The zero-order valence-electron chi connectivity index (χ0n) is 21.7. The maximum absolute atomic E-state index is 13.5. The van der Waals surface area contributed by atoms with Gasteiger partial charge in [-0.25, -0.2) is 25.5 Å². The van der Waals surface area contributed by atoms with Gasteiger partial charge < -0.3 is 9.73 Å². The van der Waals surface area contributed by atoms with Crippen molar-refractivity contribution in [3.63, 3.8) is 0 Å². The highest BCUT2D eigenvalue weighted by atomic mass is 32.2. The number of sulfonamides is 2. The Morgan fingerprint density at radius 1 is 1.11 bits per heavy atom. The Kier molecular flexibility index (Phi) is 8.95. The van der Waals surface area contributed by atoms with Gasteiger partial charge in [0.05, 0.1) is 23.5 Å². The van der Waals surface area contributed by atoms with Crippen molar-refractivity contribution in [1.82, 2.24) is 14.6 Å². The minimum atomic E-state index is -3.82. The summed E-state index contributed by atoms with van der Waals surface area (Å²) in [6, 6.07) is 7.02. The lowest BCUT2D eigenvalue weighted by Gasteiger charge is -2.25. The Morgan fingerprint density at radius 2 is 1.76 bits per heavy atom. The van der Waals surface area contributed by atoms with Gasteiger partial charge in [-0.05, 0) is 55.7 Å². The van der Waals surface area contributed by atoms with Gasteiger partial charge in [-0.15, -0.1) is 6.58 Å². The number of hydrogen-bond acceptors (Lipinski definition) is 7. The van der Waals surface area contributed by atoms with E-state index in [1.807, 2.05) is 0 Å². The summed E-state index contributed by atoms with van der Waals surface area (Å²) in [5.41, 5.74) is 1.13. The fraction of sp³-hybridized carbons (Fsp3) is 0.360. The predicted octanol–water partition coefficient (Wildman–Crippen LogP) is 3.30. The standard InChI is InChI=1S/C25H31FN4O6S2/c1-6-7-13-29(37(4,32)33)14-8-15-30(38(5,34)35)23-17(2)16-20-21(24(31)27-3)22(36-25(20)28-23)18-9-11-19(26)12-10-18/h6,9-12,16H,1,7-8,13-15H2,2-5H3,(H,27,31). The second-order valence-electron chi connectivity index (χ2n) is 8.80. The summed E-state index contributed by atoms with van der Waals surface area (Å²) in [4.78, 5) is 17.2. The van der Waals surface area contributed by atoms with Gasteiger partial charge in [-0.2, -0.15) is 4.98 Å². The van der Waals surface area contributed by atoms with Gasteiger partial charge in [0.15, 0.2) is 0 Å². The number of carbonyl (C=O) groups is 1.